The molecule has 0 aliphatic heterocycles. The van der Waals surface area contributed by atoms with Crippen LogP contribution in [0.5, 0.6) is 0 Å². The van der Waals surface area contributed by atoms with Crippen LogP contribution in [0.2, 0.25) is 0 Å². The van der Waals surface area contributed by atoms with Crippen LogP contribution in [-0.2, 0) is 0 Å². The summed E-state index contributed by atoms with van der Waals surface area (Å²) in [7, 11) is 0. The first kappa shape index (κ1) is 14.9. The van der Waals surface area contributed by atoms with Crippen molar-refractivity contribution in [2.45, 2.75) is 6.92 Å². The van der Waals surface area contributed by atoms with Crippen LogP contribution in [-0.4, -0.2) is 16.0 Å². The van der Waals surface area contributed by atoms with Crippen LogP contribution in [0.25, 0.3) is 0 Å². The third-order valence-corrected chi connectivity index (χ3v) is 3.65. The number of thiocarbonyl (C=S) groups is 1. The van der Waals surface area contributed by atoms with Gasteiger partial charge in [0.2, 0.25) is 0 Å². The summed E-state index contributed by atoms with van der Waals surface area (Å²) in [6.45, 7) is 1.96. The fourth-order valence-corrected chi connectivity index (χ4v) is 2.40. The Morgan fingerprint density at radius 1 is 1.30 bits per heavy atom. The minimum absolute atomic E-state index is 0.229. The zero-order valence-corrected chi connectivity index (χ0v) is 13.7. The van der Waals surface area contributed by atoms with Gasteiger partial charge < -0.3 is 5.32 Å². The first-order valence-corrected chi connectivity index (χ1v) is 7.34. The Bertz CT molecular complexity index is 660. The van der Waals surface area contributed by atoms with Gasteiger partial charge in [0.1, 0.15) is 5.82 Å². The number of anilines is 1. The fourth-order valence-electron chi connectivity index (χ4n) is 1.57. The summed E-state index contributed by atoms with van der Waals surface area (Å²) in [5.74, 6) is 0.373. The summed E-state index contributed by atoms with van der Waals surface area (Å²) in [5.41, 5.74) is 1.66. The van der Waals surface area contributed by atoms with Crippen molar-refractivity contribution in [2.24, 2.45) is 0 Å². The van der Waals surface area contributed by atoms with Crippen molar-refractivity contribution in [3.63, 3.8) is 0 Å². The van der Waals surface area contributed by atoms with E-state index in [9.17, 15) is 4.79 Å². The third-order valence-electron chi connectivity index (χ3n) is 2.50. The molecule has 0 unspecified atom stereocenters. The molecule has 0 atom stereocenters. The number of pyridine rings is 1. The molecule has 1 aromatic heterocycles. The number of aryl methyl sites for hydroxylation is 1. The highest BCUT2D eigenvalue weighted by atomic mass is 127. The van der Waals surface area contributed by atoms with Crippen LogP contribution in [0.3, 0.4) is 0 Å². The molecule has 20 heavy (non-hydrogen) atoms. The van der Waals surface area contributed by atoms with Gasteiger partial charge in [-0.1, -0.05) is 12.1 Å². The Morgan fingerprint density at radius 2 is 2.05 bits per heavy atom. The zero-order chi connectivity index (χ0) is 14.5. The summed E-state index contributed by atoms with van der Waals surface area (Å²) in [6, 6.07) is 11.1. The van der Waals surface area contributed by atoms with E-state index in [2.05, 4.69) is 38.2 Å². The van der Waals surface area contributed by atoms with E-state index in [-0.39, 0.29) is 11.0 Å². The van der Waals surface area contributed by atoms with E-state index in [1.165, 1.54) is 0 Å². The van der Waals surface area contributed by atoms with Gasteiger partial charge in [0, 0.05) is 9.77 Å². The number of hydrogen-bond acceptors (Lipinski definition) is 3. The van der Waals surface area contributed by atoms with E-state index in [0.717, 1.165) is 9.13 Å². The number of amides is 1. The molecule has 1 aromatic carbocycles. The molecule has 0 bridgehead atoms. The number of halogens is 1. The highest BCUT2D eigenvalue weighted by molar-refractivity contribution is 14.1. The van der Waals surface area contributed by atoms with Crippen LogP contribution in [0.1, 0.15) is 15.9 Å². The molecular weight excluding hydrogens is 385 g/mol. The van der Waals surface area contributed by atoms with Gasteiger partial charge in [-0.3, -0.25) is 10.1 Å². The van der Waals surface area contributed by atoms with Gasteiger partial charge in [0.25, 0.3) is 5.91 Å². The highest BCUT2D eigenvalue weighted by Crippen LogP contribution is 2.11. The molecule has 0 spiro atoms. The van der Waals surface area contributed by atoms with Crippen LogP contribution in [0, 0.1) is 10.5 Å². The van der Waals surface area contributed by atoms with Crippen molar-refractivity contribution < 1.29 is 4.79 Å². The molecule has 0 saturated carbocycles. The zero-order valence-electron chi connectivity index (χ0n) is 10.7. The van der Waals surface area contributed by atoms with Gasteiger partial charge in [-0.2, -0.15) is 0 Å². The molecule has 4 nitrogen and oxygen atoms in total. The number of benzene rings is 1. The second-order valence-corrected chi connectivity index (χ2v) is 5.68. The van der Waals surface area contributed by atoms with Crippen molar-refractivity contribution in [3.8, 4) is 0 Å². The SMILES string of the molecule is Cc1ccnc(NC(=S)NC(=O)c2ccccc2I)c1. The van der Waals surface area contributed by atoms with Crippen molar-refractivity contribution in [1.82, 2.24) is 10.3 Å². The number of aromatic nitrogens is 1. The summed E-state index contributed by atoms with van der Waals surface area (Å²) < 4.78 is 0.874. The van der Waals surface area contributed by atoms with Crippen molar-refractivity contribution in [2.75, 3.05) is 5.32 Å². The van der Waals surface area contributed by atoms with Gasteiger partial charge in [-0.05, 0) is 71.6 Å². The monoisotopic (exact) mass is 397 g/mol. The second-order valence-electron chi connectivity index (χ2n) is 4.11. The third kappa shape index (κ3) is 3.97. The molecule has 1 amide bonds. The summed E-state index contributed by atoms with van der Waals surface area (Å²) in [6.07, 6.45) is 1.68. The molecule has 6 heteroatoms. The molecule has 0 fully saturated rings. The van der Waals surface area contributed by atoms with Gasteiger partial charge in [0.05, 0.1) is 5.56 Å². The molecule has 0 radical (unpaired) electrons. The lowest BCUT2D eigenvalue weighted by Gasteiger charge is -2.10. The Morgan fingerprint density at radius 3 is 2.75 bits per heavy atom. The van der Waals surface area contributed by atoms with Gasteiger partial charge in [0.15, 0.2) is 5.11 Å². The molecule has 2 aromatic rings. The summed E-state index contributed by atoms with van der Waals surface area (Å²) in [4.78, 5) is 16.2. The van der Waals surface area contributed by atoms with Crippen LogP contribution >= 0.6 is 34.8 Å². The minimum Gasteiger partial charge on any atom is -0.317 e. The van der Waals surface area contributed by atoms with Crippen LogP contribution in [0.4, 0.5) is 5.82 Å². The standard InChI is InChI=1S/C14H12IN3OS/c1-9-6-7-16-12(8-9)17-14(20)18-13(19)10-4-2-3-5-11(10)15/h2-8H,1H3,(H2,16,17,18,19,20). The van der Waals surface area contributed by atoms with E-state index in [1.807, 2.05) is 37.3 Å². The van der Waals surface area contributed by atoms with E-state index in [1.54, 1.807) is 12.3 Å². The number of nitrogens with one attached hydrogen (secondary N) is 2. The summed E-state index contributed by atoms with van der Waals surface area (Å²) in [5, 5.41) is 5.76. The quantitative estimate of drug-likeness (QED) is 0.604. The fraction of sp³-hybridized carbons (Fsp3) is 0.0714. The predicted molar refractivity (Wildman–Crippen MR) is 91.8 cm³/mol. The number of carbonyl (C=O) groups is 1. The van der Waals surface area contributed by atoms with E-state index >= 15 is 0 Å². The van der Waals surface area contributed by atoms with Gasteiger partial charge in [-0.15, -0.1) is 0 Å². The lowest BCUT2D eigenvalue weighted by Crippen LogP contribution is -2.34. The first-order chi connectivity index (χ1) is 9.56. The largest absolute Gasteiger partial charge is 0.317 e. The topological polar surface area (TPSA) is 54.0 Å². The maximum absolute atomic E-state index is 12.1. The van der Waals surface area contributed by atoms with Gasteiger partial charge in [-0.25, -0.2) is 4.98 Å². The van der Waals surface area contributed by atoms with Crippen molar-refractivity contribution in [3.05, 3.63) is 57.3 Å². The second kappa shape index (κ2) is 6.76. The van der Waals surface area contributed by atoms with Crippen molar-refractivity contribution in [1.29, 1.82) is 0 Å². The van der Waals surface area contributed by atoms with Crippen LogP contribution < -0.4 is 10.6 Å². The predicted octanol–water partition coefficient (Wildman–Crippen LogP) is 3.12. The lowest BCUT2D eigenvalue weighted by atomic mass is 10.2. The van der Waals surface area contributed by atoms with E-state index < -0.39 is 0 Å². The Labute approximate surface area is 136 Å². The first-order valence-electron chi connectivity index (χ1n) is 5.86. The maximum Gasteiger partial charge on any atom is 0.258 e. The van der Waals surface area contributed by atoms with Crippen molar-refractivity contribution >= 4 is 51.6 Å². The normalized spacial score (nSPS) is 9.90. The molecule has 102 valence electrons. The molecule has 0 saturated heterocycles. The average molecular weight is 397 g/mol. The Hall–Kier alpha value is -1.54. The minimum atomic E-state index is -0.236. The number of carbonyl (C=O) groups excluding carboxylic acids is 1. The highest BCUT2D eigenvalue weighted by Gasteiger charge is 2.10. The number of hydrogen-bond donors (Lipinski definition) is 2. The van der Waals surface area contributed by atoms with Crippen LogP contribution in [0.15, 0.2) is 42.6 Å². The number of rotatable bonds is 2. The molecule has 0 aliphatic carbocycles. The van der Waals surface area contributed by atoms with E-state index in [4.69, 9.17) is 12.2 Å². The smallest absolute Gasteiger partial charge is 0.258 e. The maximum atomic E-state index is 12.1. The Kier molecular flexibility index (Phi) is 5.02. The number of nitrogens with zero attached hydrogens (tertiary/aromatic N) is 1. The molecule has 1 heterocycles. The van der Waals surface area contributed by atoms with Gasteiger partial charge >= 0.3 is 0 Å². The Balaban J connectivity index is 2.02. The molecular formula is C14H12IN3OS. The lowest BCUT2D eigenvalue weighted by molar-refractivity contribution is 0.0977. The van der Waals surface area contributed by atoms with E-state index in [0.29, 0.717) is 11.4 Å². The molecule has 0 aliphatic rings. The molecule has 2 rings (SSSR count). The molecule has 2 N–H and O–H groups in total. The average Bonchev–Trinajstić information content (AvgIpc) is 2.38. The summed E-state index contributed by atoms with van der Waals surface area (Å²) >= 11 is 7.23.